The molecule has 5 heterocycles. The number of aromatic hydroxyl groups is 1. The van der Waals surface area contributed by atoms with E-state index in [4.69, 9.17) is 41.7 Å². The van der Waals surface area contributed by atoms with Crippen molar-refractivity contribution in [3.05, 3.63) is 91.0 Å². The SMILES string of the molecule is Oc1cccc2c3nc4nc(nc5c6ccccc6c(nc6nc(nc([nH]3)c12)-c1ccccc1-6)n5Cl)-c1ccccc1-4. The zero-order chi connectivity index (χ0) is 27.9. The molecule has 0 unspecified atom stereocenters. The van der Waals surface area contributed by atoms with Crippen molar-refractivity contribution in [2.24, 2.45) is 0 Å². The molecule has 0 aliphatic carbocycles. The number of phenols is 1. The molecule has 3 aromatic heterocycles. The molecule has 42 heavy (non-hydrogen) atoms. The molecule has 9 nitrogen and oxygen atoms in total. The summed E-state index contributed by atoms with van der Waals surface area (Å²) in [4.78, 5) is 32.8. The van der Waals surface area contributed by atoms with Crippen molar-refractivity contribution in [1.82, 2.24) is 39.0 Å². The van der Waals surface area contributed by atoms with Crippen LogP contribution in [0.25, 0.3) is 89.7 Å². The van der Waals surface area contributed by atoms with Crippen LogP contribution in [0.15, 0.2) is 91.0 Å². The fraction of sp³-hybridized carbons (Fsp3) is 0. The van der Waals surface area contributed by atoms with Crippen LogP contribution in [0.1, 0.15) is 0 Å². The Morgan fingerprint density at radius 1 is 0.500 bits per heavy atom. The molecule has 0 saturated heterocycles. The van der Waals surface area contributed by atoms with Gasteiger partial charge in [0.2, 0.25) is 0 Å². The summed E-state index contributed by atoms with van der Waals surface area (Å²) in [5, 5.41) is 13.8. The molecule has 0 fully saturated rings. The Morgan fingerprint density at radius 3 is 1.50 bits per heavy atom. The fourth-order valence-corrected chi connectivity index (χ4v) is 5.99. The van der Waals surface area contributed by atoms with E-state index in [9.17, 15) is 5.11 Å². The maximum atomic E-state index is 10.9. The first-order valence-electron chi connectivity index (χ1n) is 13.2. The molecule has 0 radical (unpaired) electrons. The first-order chi connectivity index (χ1) is 20.6. The normalized spacial score (nSPS) is 12.0. The number of halogens is 1. The number of phenolic OH excluding ortho intramolecular Hbond substituents is 1. The maximum absolute atomic E-state index is 10.9. The smallest absolute Gasteiger partial charge is 0.164 e. The minimum absolute atomic E-state index is 0.0808. The van der Waals surface area contributed by atoms with E-state index in [0.29, 0.717) is 56.7 Å². The molecule has 0 saturated carbocycles. The summed E-state index contributed by atoms with van der Waals surface area (Å²) >= 11 is 6.99. The van der Waals surface area contributed by atoms with E-state index in [0.717, 1.165) is 33.0 Å². The van der Waals surface area contributed by atoms with Gasteiger partial charge in [0.25, 0.3) is 0 Å². The molecule has 198 valence electrons. The van der Waals surface area contributed by atoms with Gasteiger partial charge in [0.1, 0.15) is 17.0 Å². The number of aromatic amines is 1. The second-order valence-electron chi connectivity index (χ2n) is 10.1. The molecule has 0 amide bonds. The second kappa shape index (κ2) is 8.42. The Kier molecular flexibility index (Phi) is 4.63. The average molecular weight is 565 g/mol. The number of rotatable bonds is 0. The lowest BCUT2D eigenvalue weighted by atomic mass is 10.1. The quantitative estimate of drug-likeness (QED) is 0.202. The van der Waals surface area contributed by atoms with Crippen LogP contribution >= 0.6 is 11.8 Å². The predicted molar refractivity (Wildman–Crippen MR) is 163 cm³/mol. The number of hydrogen-bond donors (Lipinski definition) is 2. The Bertz CT molecular complexity index is 2460. The summed E-state index contributed by atoms with van der Waals surface area (Å²) in [6, 6.07) is 28.7. The molecule has 8 bridgehead atoms. The fourth-order valence-electron chi connectivity index (χ4n) is 5.73. The van der Waals surface area contributed by atoms with Crippen LogP contribution in [0.4, 0.5) is 0 Å². The molecule has 0 spiro atoms. The largest absolute Gasteiger partial charge is 0.507 e. The molecule has 7 aromatic rings. The first-order valence-corrected chi connectivity index (χ1v) is 13.6. The van der Waals surface area contributed by atoms with Crippen molar-refractivity contribution in [2.45, 2.75) is 0 Å². The van der Waals surface area contributed by atoms with Crippen molar-refractivity contribution in [2.75, 3.05) is 0 Å². The molecule has 4 aromatic carbocycles. The third-order valence-corrected chi connectivity index (χ3v) is 7.97. The highest BCUT2D eigenvalue weighted by Gasteiger charge is 2.23. The van der Waals surface area contributed by atoms with Crippen molar-refractivity contribution >= 4 is 55.9 Å². The number of nitrogens with zero attached hydrogens (tertiary/aromatic N) is 7. The Morgan fingerprint density at radius 2 is 0.952 bits per heavy atom. The highest BCUT2D eigenvalue weighted by atomic mass is 35.5. The van der Waals surface area contributed by atoms with Crippen LogP contribution in [-0.2, 0) is 0 Å². The van der Waals surface area contributed by atoms with Gasteiger partial charge in [0.05, 0.1) is 5.39 Å². The highest BCUT2D eigenvalue weighted by molar-refractivity contribution is 6.25. The van der Waals surface area contributed by atoms with Crippen LogP contribution in [0, 0.1) is 0 Å². The maximum Gasteiger partial charge on any atom is 0.164 e. The van der Waals surface area contributed by atoms with E-state index in [1.54, 1.807) is 12.1 Å². The zero-order valence-corrected chi connectivity index (χ0v) is 22.4. The molecule has 0 atom stereocenters. The topological polar surface area (TPSA) is 118 Å². The molecule has 2 aliphatic heterocycles. The predicted octanol–water partition coefficient (Wildman–Crippen LogP) is 7.05. The summed E-state index contributed by atoms with van der Waals surface area (Å²) in [5.74, 6) is 1.97. The number of benzene rings is 4. The molecule has 2 N–H and O–H groups in total. The summed E-state index contributed by atoms with van der Waals surface area (Å²) in [6.07, 6.45) is 0. The van der Waals surface area contributed by atoms with Gasteiger partial charge >= 0.3 is 0 Å². The number of aromatic nitrogens is 8. The summed E-state index contributed by atoms with van der Waals surface area (Å²) in [7, 11) is 0. The molecule has 9 rings (SSSR count). The van der Waals surface area contributed by atoms with E-state index < -0.39 is 0 Å². The number of H-pyrrole nitrogens is 1. The Labute approximate surface area is 241 Å². The van der Waals surface area contributed by atoms with Gasteiger partial charge < -0.3 is 10.1 Å². The van der Waals surface area contributed by atoms with E-state index in [1.807, 2.05) is 78.9 Å². The summed E-state index contributed by atoms with van der Waals surface area (Å²) < 4.78 is 1.46. The van der Waals surface area contributed by atoms with Crippen LogP contribution in [0.2, 0.25) is 0 Å². The van der Waals surface area contributed by atoms with Gasteiger partial charge in [0.15, 0.2) is 34.6 Å². The second-order valence-corrected chi connectivity index (χ2v) is 10.4. The summed E-state index contributed by atoms with van der Waals surface area (Å²) in [5.41, 5.74) is 5.24. The van der Waals surface area contributed by atoms with E-state index in [2.05, 4.69) is 4.98 Å². The minimum atomic E-state index is 0.0808. The van der Waals surface area contributed by atoms with Gasteiger partial charge in [-0.2, -0.15) is 0 Å². The van der Waals surface area contributed by atoms with Gasteiger partial charge in [-0.25, -0.2) is 34.0 Å². The lowest BCUT2D eigenvalue weighted by Crippen LogP contribution is -1.88. The zero-order valence-electron chi connectivity index (χ0n) is 21.6. The molecular weight excluding hydrogens is 548 g/mol. The lowest BCUT2D eigenvalue weighted by molar-refractivity contribution is 0.482. The van der Waals surface area contributed by atoms with Crippen molar-refractivity contribution in [3.63, 3.8) is 0 Å². The van der Waals surface area contributed by atoms with Crippen molar-refractivity contribution in [1.29, 1.82) is 0 Å². The molecule has 10 heteroatoms. The molecule has 2 aliphatic rings. The molecular formula is C32H17ClN8O. The third kappa shape index (κ3) is 3.19. The monoisotopic (exact) mass is 564 g/mol. The van der Waals surface area contributed by atoms with E-state index in [-0.39, 0.29) is 5.75 Å². The van der Waals surface area contributed by atoms with Crippen molar-refractivity contribution in [3.8, 4) is 51.3 Å². The van der Waals surface area contributed by atoms with Gasteiger partial charge in [-0.1, -0.05) is 84.9 Å². The van der Waals surface area contributed by atoms with Crippen LogP contribution < -0.4 is 0 Å². The minimum Gasteiger partial charge on any atom is -0.507 e. The average Bonchev–Trinajstić information content (AvgIpc) is 3.72. The number of nitrogens with one attached hydrogen (secondary N) is 1. The number of fused-ring (bicyclic) bond motifs is 20. The first kappa shape index (κ1) is 23.1. The van der Waals surface area contributed by atoms with Crippen LogP contribution in [0.5, 0.6) is 5.75 Å². The third-order valence-electron chi connectivity index (χ3n) is 7.65. The summed E-state index contributed by atoms with van der Waals surface area (Å²) in [6.45, 7) is 0. The highest BCUT2D eigenvalue weighted by Crippen LogP contribution is 2.38. The number of hydrogen-bond acceptors (Lipinski definition) is 7. The lowest BCUT2D eigenvalue weighted by Gasteiger charge is -1.97. The van der Waals surface area contributed by atoms with Crippen LogP contribution in [0.3, 0.4) is 0 Å². The van der Waals surface area contributed by atoms with Crippen LogP contribution in [-0.4, -0.2) is 44.1 Å². The van der Waals surface area contributed by atoms with Gasteiger partial charge in [0, 0.05) is 50.2 Å². The van der Waals surface area contributed by atoms with Gasteiger partial charge in [-0.15, -0.1) is 0 Å². The van der Waals surface area contributed by atoms with E-state index >= 15 is 0 Å². The standard InChI is InChI=1S/C32H17ClN8O/c33-41-31-20-12-5-6-13-21(20)32(41)40-28-19-11-4-2-9-17(19)26(35-28)37-30-24-22(14-7-15-23(24)42)29(38-30)36-25-16-8-1-3-10-18(16)27(34-25)39-31/h1-15,42H,(H,34,35,36,37,38,39,40). The van der Waals surface area contributed by atoms with E-state index in [1.165, 1.54) is 4.09 Å². The van der Waals surface area contributed by atoms with Gasteiger partial charge in [-0.05, 0) is 6.07 Å². The Balaban J connectivity index is 1.54. The Hall–Kier alpha value is -5.67. The van der Waals surface area contributed by atoms with Gasteiger partial charge in [-0.3, -0.25) is 0 Å². The van der Waals surface area contributed by atoms with Crippen molar-refractivity contribution < 1.29 is 5.11 Å².